The van der Waals surface area contributed by atoms with Crippen LogP contribution in [-0.4, -0.2) is 23.4 Å². The number of guanidine groups is 1. The Morgan fingerprint density at radius 1 is 1.09 bits per heavy atom. The molecule has 0 saturated heterocycles. The number of anilines is 2. The standard InChI is InChI=1S/C20H16F5N5OS/c21-12-3-6-14(15(22)9-12)16-10-32-19(29-16)30(17(31)7-8-28-18(26)27)13-4-1-11(2-5-13)20(23,24)25/h1-6,9-10H,7-8H2,(H4,26,27,28). The maximum Gasteiger partial charge on any atom is 0.416 e. The molecule has 1 amide bonds. The van der Waals surface area contributed by atoms with Gasteiger partial charge in [-0.3, -0.25) is 14.7 Å². The highest BCUT2D eigenvalue weighted by Crippen LogP contribution is 2.36. The lowest BCUT2D eigenvalue weighted by Gasteiger charge is -2.20. The van der Waals surface area contributed by atoms with E-state index in [0.717, 1.165) is 46.6 Å². The number of carbonyl (C=O) groups is 1. The molecule has 0 aliphatic heterocycles. The van der Waals surface area contributed by atoms with E-state index in [9.17, 15) is 26.7 Å². The number of hydrogen-bond donors (Lipinski definition) is 2. The Morgan fingerprint density at radius 3 is 2.38 bits per heavy atom. The fraction of sp³-hybridized carbons (Fsp3) is 0.150. The normalized spacial score (nSPS) is 11.3. The lowest BCUT2D eigenvalue weighted by molar-refractivity contribution is -0.137. The van der Waals surface area contributed by atoms with Crippen LogP contribution in [0.15, 0.2) is 52.8 Å². The first kappa shape index (κ1) is 23.1. The quantitative estimate of drug-likeness (QED) is 0.317. The van der Waals surface area contributed by atoms with E-state index in [2.05, 4.69) is 9.98 Å². The molecule has 0 radical (unpaired) electrons. The molecule has 12 heteroatoms. The van der Waals surface area contributed by atoms with Gasteiger partial charge in [-0.1, -0.05) is 0 Å². The predicted octanol–water partition coefficient (Wildman–Crippen LogP) is 4.44. The Kier molecular flexibility index (Phi) is 6.72. The zero-order valence-corrected chi connectivity index (χ0v) is 17.1. The average Bonchev–Trinajstić information content (AvgIpc) is 3.17. The Balaban J connectivity index is 1.98. The third-order valence-electron chi connectivity index (χ3n) is 4.21. The molecule has 3 aromatic rings. The van der Waals surface area contributed by atoms with Gasteiger partial charge in [-0.15, -0.1) is 11.3 Å². The minimum Gasteiger partial charge on any atom is -0.370 e. The van der Waals surface area contributed by atoms with Crippen molar-refractivity contribution in [2.45, 2.75) is 12.6 Å². The number of alkyl halides is 3. The number of nitrogens with zero attached hydrogens (tertiary/aromatic N) is 3. The number of thiazole rings is 1. The predicted molar refractivity (Wildman–Crippen MR) is 111 cm³/mol. The molecule has 0 spiro atoms. The highest BCUT2D eigenvalue weighted by molar-refractivity contribution is 7.14. The average molecular weight is 469 g/mol. The summed E-state index contributed by atoms with van der Waals surface area (Å²) in [6.45, 7) is -0.0525. The summed E-state index contributed by atoms with van der Waals surface area (Å²) in [5, 5.41) is 1.53. The van der Waals surface area contributed by atoms with Gasteiger partial charge in [0, 0.05) is 23.4 Å². The lowest BCUT2D eigenvalue weighted by atomic mass is 10.1. The van der Waals surface area contributed by atoms with Crippen LogP contribution in [0.1, 0.15) is 12.0 Å². The van der Waals surface area contributed by atoms with Gasteiger partial charge < -0.3 is 11.5 Å². The second-order valence-corrected chi connectivity index (χ2v) is 7.31. The number of hydrogen-bond acceptors (Lipinski definition) is 4. The molecule has 0 atom stereocenters. The van der Waals surface area contributed by atoms with E-state index in [4.69, 9.17) is 11.5 Å². The summed E-state index contributed by atoms with van der Waals surface area (Å²) in [6, 6.07) is 6.88. The Hall–Kier alpha value is -3.54. The Bertz CT molecular complexity index is 1140. The number of aromatic nitrogens is 1. The molecular weight excluding hydrogens is 453 g/mol. The van der Waals surface area contributed by atoms with Gasteiger partial charge in [-0.25, -0.2) is 13.8 Å². The Morgan fingerprint density at radius 2 is 1.78 bits per heavy atom. The topological polar surface area (TPSA) is 97.6 Å². The first-order valence-electron chi connectivity index (χ1n) is 9.03. The molecule has 3 rings (SSSR count). The highest BCUT2D eigenvalue weighted by atomic mass is 32.1. The fourth-order valence-electron chi connectivity index (χ4n) is 2.74. The van der Waals surface area contributed by atoms with E-state index in [1.807, 2.05) is 0 Å². The van der Waals surface area contributed by atoms with Crippen LogP contribution in [0.3, 0.4) is 0 Å². The molecular formula is C20H16F5N5OS. The number of amides is 1. The van der Waals surface area contributed by atoms with Crippen molar-refractivity contribution in [3.05, 3.63) is 65.0 Å². The van der Waals surface area contributed by atoms with Crippen molar-refractivity contribution in [3.63, 3.8) is 0 Å². The third kappa shape index (κ3) is 5.38. The maximum absolute atomic E-state index is 14.1. The maximum atomic E-state index is 14.1. The van der Waals surface area contributed by atoms with E-state index in [-0.39, 0.29) is 41.0 Å². The number of rotatable bonds is 6. The van der Waals surface area contributed by atoms with Gasteiger partial charge in [-0.2, -0.15) is 13.2 Å². The van der Waals surface area contributed by atoms with E-state index in [1.165, 1.54) is 11.4 Å². The summed E-state index contributed by atoms with van der Waals surface area (Å²) in [6.07, 6.45) is -4.71. The minimum absolute atomic E-state index is 0.00854. The summed E-state index contributed by atoms with van der Waals surface area (Å²) in [5.74, 6) is -2.37. The van der Waals surface area contributed by atoms with E-state index < -0.39 is 29.3 Å². The van der Waals surface area contributed by atoms with Gasteiger partial charge in [0.25, 0.3) is 0 Å². The van der Waals surface area contributed by atoms with Crippen molar-refractivity contribution < 1.29 is 26.7 Å². The van der Waals surface area contributed by atoms with Crippen LogP contribution in [-0.2, 0) is 11.0 Å². The molecule has 0 bridgehead atoms. The first-order valence-corrected chi connectivity index (χ1v) is 9.91. The summed E-state index contributed by atoms with van der Waals surface area (Å²) in [7, 11) is 0. The molecule has 1 heterocycles. The number of aliphatic imine (C=N–C) groups is 1. The lowest BCUT2D eigenvalue weighted by Crippen LogP contribution is -2.28. The summed E-state index contributed by atoms with van der Waals surface area (Å²) >= 11 is 0.964. The monoisotopic (exact) mass is 469 g/mol. The second-order valence-electron chi connectivity index (χ2n) is 6.47. The first-order chi connectivity index (χ1) is 15.1. The van der Waals surface area contributed by atoms with Crippen LogP contribution < -0.4 is 16.4 Å². The van der Waals surface area contributed by atoms with Gasteiger partial charge in [0.15, 0.2) is 11.1 Å². The van der Waals surface area contributed by atoms with E-state index in [0.29, 0.717) is 6.07 Å². The fourth-order valence-corrected chi connectivity index (χ4v) is 3.60. The summed E-state index contributed by atoms with van der Waals surface area (Å²) in [5.41, 5.74) is 9.88. The molecule has 0 aliphatic carbocycles. The molecule has 168 valence electrons. The molecule has 0 saturated carbocycles. The molecule has 0 fully saturated rings. The second kappa shape index (κ2) is 9.30. The van der Waals surface area contributed by atoms with Crippen LogP contribution in [0.4, 0.5) is 32.8 Å². The van der Waals surface area contributed by atoms with E-state index in [1.54, 1.807) is 0 Å². The van der Waals surface area contributed by atoms with E-state index >= 15 is 0 Å². The van der Waals surface area contributed by atoms with Gasteiger partial charge in [-0.05, 0) is 36.4 Å². The zero-order valence-electron chi connectivity index (χ0n) is 16.2. The van der Waals surface area contributed by atoms with Gasteiger partial charge in [0.05, 0.1) is 23.5 Å². The number of nitrogens with two attached hydrogens (primary N) is 2. The summed E-state index contributed by atoms with van der Waals surface area (Å²) < 4.78 is 66.1. The SMILES string of the molecule is NC(N)=NCCC(=O)N(c1ccc(C(F)(F)F)cc1)c1nc(-c2ccc(F)cc2F)cs1. The minimum atomic E-state index is -4.55. The number of benzene rings is 2. The molecule has 32 heavy (non-hydrogen) atoms. The van der Waals surface area contributed by atoms with Crippen molar-refractivity contribution in [1.82, 2.24) is 4.98 Å². The highest BCUT2D eigenvalue weighted by Gasteiger charge is 2.31. The molecule has 1 aromatic heterocycles. The zero-order chi connectivity index (χ0) is 23.5. The van der Waals surface area contributed by atoms with Crippen molar-refractivity contribution in [2.24, 2.45) is 16.5 Å². The van der Waals surface area contributed by atoms with Crippen LogP contribution in [0.2, 0.25) is 0 Å². The van der Waals surface area contributed by atoms with Gasteiger partial charge >= 0.3 is 6.18 Å². The van der Waals surface area contributed by atoms with Crippen LogP contribution in [0, 0.1) is 11.6 Å². The van der Waals surface area contributed by atoms with Crippen molar-refractivity contribution in [1.29, 1.82) is 0 Å². The Labute approximate surface area is 183 Å². The smallest absolute Gasteiger partial charge is 0.370 e. The van der Waals surface area contributed by atoms with Crippen LogP contribution in [0.5, 0.6) is 0 Å². The van der Waals surface area contributed by atoms with Crippen molar-refractivity contribution in [3.8, 4) is 11.3 Å². The molecule has 6 nitrogen and oxygen atoms in total. The van der Waals surface area contributed by atoms with Crippen molar-refractivity contribution >= 4 is 34.0 Å². The van der Waals surface area contributed by atoms with Gasteiger partial charge in [0.1, 0.15) is 11.6 Å². The van der Waals surface area contributed by atoms with Crippen LogP contribution in [0.25, 0.3) is 11.3 Å². The molecule has 0 aliphatic rings. The largest absolute Gasteiger partial charge is 0.416 e. The number of carbonyl (C=O) groups excluding carboxylic acids is 1. The summed E-state index contributed by atoms with van der Waals surface area (Å²) in [4.78, 5) is 21.9. The van der Waals surface area contributed by atoms with Crippen LogP contribution >= 0.6 is 11.3 Å². The molecule has 4 N–H and O–H groups in total. The molecule has 0 unspecified atom stereocenters. The number of halogens is 5. The molecule has 2 aromatic carbocycles. The van der Waals surface area contributed by atoms with Gasteiger partial charge in [0.2, 0.25) is 5.91 Å². The van der Waals surface area contributed by atoms with Crippen molar-refractivity contribution in [2.75, 3.05) is 11.4 Å². The third-order valence-corrected chi connectivity index (χ3v) is 5.04.